The Hall–Kier alpha value is -3.85. The summed E-state index contributed by atoms with van der Waals surface area (Å²) in [4.78, 5) is 23.9. The summed E-state index contributed by atoms with van der Waals surface area (Å²) in [6.07, 6.45) is 0. The van der Waals surface area contributed by atoms with Crippen molar-refractivity contribution < 1.29 is 27.9 Å². The predicted molar refractivity (Wildman–Crippen MR) is 113 cm³/mol. The summed E-state index contributed by atoms with van der Waals surface area (Å²) in [6.45, 7) is -0.570. The first-order chi connectivity index (χ1) is 14.8. The van der Waals surface area contributed by atoms with Crippen LogP contribution in [0.5, 0.6) is 5.75 Å². The first-order valence-electron chi connectivity index (χ1n) is 9.15. The molecule has 0 radical (unpaired) electrons. The molecular weight excluding hydrogens is 420 g/mol. The van der Waals surface area contributed by atoms with Crippen LogP contribution in [0.15, 0.2) is 83.8 Å². The third-order valence-electron chi connectivity index (χ3n) is 4.40. The average Bonchev–Trinajstić information content (AvgIpc) is 2.78. The Balaban J connectivity index is 1.93. The standard InChI is InChI=1S/C22H20N2O6S/c1-30-17-11-13-18(14-12-17)31(28,29)24(16-7-3-2-4-8-16)15-21(25)23-20-10-6-5-9-19(20)22(26)27/h2-14H,15H2,1H3,(H,23,25)(H,26,27)/p-1. The molecule has 1 N–H and O–H groups in total. The van der Waals surface area contributed by atoms with Crippen molar-refractivity contribution in [2.45, 2.75) is 4.90 Å². The highest BCUT2D eigenvalue weighted by atomic mass is 32.2. The molecule has 8 nitrogen and oxygen atoms in total. The minimum atomic E-state index is -4.10. The van der Waals surface area contributed by atoms with Crippen LogP contribution >= 0.6 is 0 Å². The second-order valence-electron chi connectivity index (χ2n) is 6.40. The van der Waals surface area contributed by atoms with Crippen LogP contribution in [0, 0.1) is 0 Å². The molecule has 1 amide bonds. The van der Waals surface area contributed by atoms with Crippen molar-refractivity contribution >= 4 is 33.3 Å². The fourth-order valence-corrected chi connectivity index (χ4v) is 4.30. The zero-order valence-corrected chi connectivity index (χ0v) is 17.3. The molecule has 0 aliphatic rings. The second kappa shape index (κ2) is 9.31. The summed E-state index contributed by atoms with van der Waals surface area (Å²) in [5.74, 6) is -1.68. The lowest BCUT2D eigenvalue weighted by atomic mass is 10.2. The Morgan fingerprint density at radius 3 is 2.16 bits per heavy atom. The third kappa shape index (κ3) is 5.01. The quantitative estimate of drug-likeness (QED) is 0.573. The van der Waals surface area contributed by atoms with E-state index in [4.69, 9.17) is 4.74 Å². The van der Waals surface area contributed by atoms with Crippen LogP contribution in [0.1, 0.15) is 10.4 Å². The molecule has 9 heteroatoms. The molecule has 0 bridgehead atoms. The highest BCUT2D eigenvalue weighted by molar-refractivity contribution is 7.92. The molecule has 0 heterocycles. The van der Waals surface area contributed by atoms with Crippen molar-refractivity contribution in [2.24, 2.45) is 0 Å². The van der Waals surface area contributed by atoms with Gasteiger partial charge in [0, 0.05) is 11.3 Å². The number of carbonyl (C=O) groups excluding carboxylic acids is 2. The van der Waals surface area contributed by atoms with Gasteiger partial charge in [-0.1, -0.05) is 36.4 Å². The van der Waals surface area contributed by atoms with E-state index in [1.807, 2.05) is 0 Å². The molecule has 0 fully saturated rings. The van der Waals surface area contributed by atoms with Gasteiger partial charge in [0.2, 0.25) is 5.91 Å². The highest BCUT2D eigenvalue weighted by Gasteiger charge is 2.27. The summed E-state index contributed by atoms with van der Waals surface area (Å²) in [7, 11) is -2.64. The number of rotatable bonds is 8. The minimum absolute atomic E-state index is 0.0161. The maximum Gasteiger partial charge on any atom is 0.264 e. The molecule has 0 spiro atoms. The number of sulfonamides is 1. The van der Waals surface area contributed by atoms with Gasteiger partial charge >= 0.3 is 0 Å². The number of anilines is 2. The number of para-hydroxylation sites is 2. The van der Waals surface area contributed by atoms with E-state index >= 15 is 0 Å². The number of hydrogen-bond donors (Lipinski definition) is 1. The summed E-state index contributed by atoms with van der Waals surface area (Å²) in [5.41, 5.74) is 0.0872. The lowest BCUT2D eigenvalue weighted by Gasteiger charge is -2.24. The van der Waals surface area contributed by atoms with Gasteiger partial charge in [0.15, 0.2) is 0 Å². The number of nitrogens with zero attached hydrogens (tertiary/aromatic N) is 1. The van der Waals surface area contributed by atoms with Crippen LogP contribution in [-0.2, 0) is 14.8 Å². The Bertz CT molecular complexity index is 1180. The number of amides is 1. The lowest BCUT2D eigenvalue weighted by molar-refractivity contribution is -0.254. The average molecular weight is 439 g/mol. The maximum atomic E-state index is 13.3. The molecule has 3 aromatic rings. The van der Waals surface area contributed by atoms with Crippen molar-refractivity contribution in [1.29, 1.82) is 0 Å². The number of carboxylic acids is 1. The van der Waals surface area contributed by atoms with Crippen molar-refractivity contribution in [1.82, 2.24) is 0 Å². The van der Waals surface area contributed by atoms with E-state index in [1.165, 1.54) is 49.6 Å². The Morgan fingerprint density at radius 2 is 1.55 bits per heavy atom. The zero-order chi connectivity index (χ0) is 22.4. The topological polar surface area (TPSA) is 116 Å². The van der Waals surface area contributed by atoms with Crippen molar-refractivity contribution in [3.05, 3.63) is 84.4 Å². The normalized spacial score (nSPS) is 10.9. The molecule has 31 heavy (non-hydrogen) atoms. The van der Waals surface area contributed by atoms with E-state index in [0.29, 0.717) is 5.75 Å². The summed E-state index contributed by atoms with van der Waals surface area (Å²) in [5, 5.41) is 13.7. The molecule has 0 aliphatic carbocycles. The van der Waals surface area contributed by atoms with Gasteiger partial charge in [-0.25, -0.2) is 8.42 Å². The first kappa shape index (κ1) is 21.8. The van der Waals surface area contributed by atoms with Crippen molar-refractivity contribution in [3.63, 3.8) is 0 Å². The maximum absolute atomic E-state index is 13.3. The van der Waals surface area contributed by atoms with Crippen LogP contribution in [-0.4, -0.2) is 33.9 Å². The number of carboxylic acid groups (broad SMARTS) is 1. The molecule has 3 rings (SSSR count). The molecule has 160 valence electrons. The van der Waals surface area contributed by atoms with E-state index in [9.17, 15) is 23.1 Å². The zero-order valence-electron chi connectivity index (χ0n) is 16.5. The van der Waals surface area contributed by atoms with E-state index in [0.717, 1.165) is 4.31 Å². The Labute approximate surface area is 179 Å². The molecular formula is C22H19N2O6S-. The van der Waals surface area contributed by atoms with Crippen LogP contribution in [0.3, 0.4) is 0 Å². The monoisotopic (exact) mass is 439 g/mol. The number of nitrogens with one attached hydrogen (secondary N) is 1. The summed E-state index contributed by atoms with van der Waals surface area (Å²) < 4.78 is 32.6. The fraction of sp³-hybridized carbons (Fsp3) is 0.0909. The van der Waals surface area contributed by atoms with E-state index in [1.54, 1.807) is 36.4 Å². The molecule has 0 atom stereocenters. The number of methoxy groups -OCH3 is 1. The van der Waals surface area contributed by atoms with Gasteiger partial charge in [-0.15, -0.1) is 0 Å². The number of hydrogen-bond acceptors (Lipinski definition) is 6. The van der Waals surface area contributed by atoms with Gasteiger partial charge in [-0.2, -0.15) is 0 Å². The SMILES string of the molecule is COc1ccc(S(=O)(=O)N(CC(=O)Nc2ccccc2C(=O)[O-])c2ccccc2)cc1. The largest absolute Gasteiger partial charge is 0.545 e. The van der Waals surface area contributed by atoms with E-state index < -0.39 is 28.4 Å². The number of carbonyl (C=O) groups is 2. The predicted octanol–water partition coefficient (Wildman–Crippen LogP) is 1.89. The lowest BCUT2D eigenvalue weighted by Crippen LogP contribution is -2.38. The number of ether oxygens (including phenoxy) is 1. The molecule has 0 aliphatic heterocycles. The van der Waals surface area contributed by atoms with Gasteiger partial charge in [0.1, 0.15) is 12.3 Å². The Morgan fingerprint density at radius 1 is 0.935 bits per heavy atom. The number of aromatic carboxylic acids is 1. The molecule has 3 aromatic carbocycles. The molecule has 0 aromatic heterocycles. The van der Waals surface area contributed by atoms with Gasteiger partial charge in [0.05, 0.1) is 23.7 Å². The molecule has 0 saturated heterocycles. The van der Waals surface area contributed by atoms with Crippen LogP contribution in [0.25, 0.3) is 0 Å². The van der Waals surface area contributed by atoms with Gasteiger partial charge in [0.25, 0.3) is 10.0 Å². The molecule has 0 unspecified atom stereocenters. The van der Waals surface area contributed by atoms with E-state index in [2.05, 4.69) is 5.32 Å². The minimum Gasteiger partial charge on any atom is -0.545 e. The fourth-order valence-electron chi connectivity index (χ4n) is 2.87. The van der Waals surface area contributed by atoms with Gasteiger partial charge in [-0.3, -0.25) is 9.10 Å². The smallest absolute Gasteiger partial charge is 0.264 e. The van der Waals surface area contributed by atoms with Crippen LogP contribution < -0.4 is 19.5 Å². The Kier molecular flexibility index (Phi) is 6.56. The van der Waals surface area contributed by atoms with E-state index in [-0.39, 0.29) is 21.8 Å². The highest BCUT2D eigenvalue weighted by Crippen LogP contribution is 2.25. The second-order valence-corrected chi connectivity index (χ2v) is 8.27. The van der Waals surface area contributed by atoms with Crippen LogP contribution in [0.4, 0.5) is 11.4 Å². The third-order valence-corrected chi connectivity index (χ3v) is 6.19. The first-order valence-corrected chi connectivity index (χ1v) is 10.6. The molecule has 0 saturated carbocycles. The van der Waals surface area contributed by atoms with Crippen molar-refractivity contribution in [3.8, 4) is 5.75 Å². The van der Waals surface area contributed by atoms with Crippen molar-refractivity contribution in [2.75, 3.05) is 23.3 Å². The number of benzene rings is 3. The van der Waals surface area contributed by atoms with Crippen LogP contribution in [0.2, 0.25) is 0 Å². The van der Waals surface area contributed by atoms with Gasteiger partial charge < -0.3 is 20.0 Å². The summed E-state index contributed by atoms with van der Waals surface area (Å²) in [6, 6.07) is 19.6. The van der Waals surface area contributed by atoms with Gasteiger partial charge in [-0.05, 0) is 42.5 Å². The summed E-state index contributed by atoms with van der Waals surface area (Å²) >= 11 is 0.